The molecular weight excluding hydrogens is 205 g/mol. The first kappa shape index (κ1) is 11.1. The van der Waals surface area contributed by atoms with Gasteiger partial charge in [-0.05, 0) is 18.6 Å². The Hall–Kier alpha value is -1.98. The molecule has 1 aromatic carbocycles. The molecule has 5 nitrogen and oxygen atoms in total. The zero-order valence-electron chi connectivity index (χ0n) is 7.86. The van der Waals surface area contributed by atoms with E-state index in [9.17, 15) is 19.3 Å². The lowest BCUT2D eigenvalue weighted by atomic mass is 10.1. The van der Waals surface area contributed by atoms with E-state index in [1.165, 1.54) is 6.92 Å². The van der Waals surface area contributed by atoms with Crippen LogP contribution in [0.1, 0.15) is 11.1 Å². The Bertz CT molecular complexity index is 430. The lowest BCUT2D eigenvalue weighted by molar-refractivity contribution is -0.385. The molecule has 0 bridgehead atoms. The van der Waals surface area contributed by atoms with Crippen LogP contribution in [-0.4, -0.2) is 16.0 Å². The third-order valence-electron chi connectivity index (χ3n) is 1.98. The number of nitro groups is 1. The summed E-state index contributed by atoms with van der Waals surface area (Å²) < 4.78 is 13.4. The first-order chi connectivity index (χ1) is 6.93. The molecular formula is C9H8FNO4. The van der Waals surface area contributed by atoms with Crippen LogP contribution in [0, 0.1) is 22.9 Å². The molecule has 0 unspecified atom stereocenters. The number of hydrogen-bond acceptors (Lipinski definition) is 3. The molecule has 0 aliphatic carbocycles. The van der Waals surface area contributed by atoms with Gasteiger partial charge in [0.25, 0.3) is 5.69 Å². The molecule has 80 valence electrons. The fourth-order valence-electron chi connectivity index (χ4n) is 1.23. The molecule has 0 radical (unpaired) electrons. The maximum absolute atomic E-state index is 13.4. The largest absolute Gasteiger partial charge is 0.481 e. The van der Waals surface area contributed by atoms with E-state index in [0.29, 0.717) is 0 Å². The molecule has 0 saturated heterocycles. The van der Waals surface area contributed by atoms with Crippen LogP contribution in [0.4, 0.5) is 10.1 Å². The molecule has 0 heterocycles. The van der Waals surface area contributed by atoms with E-state index >= 15 is 0 Å². The van der Waals surface area contributed by atoms with Gasteiger partial charge in [-0.25, -0.2) is 4.39 Å². The third kappa shape index (κ3) is 2.28. The fourth-order valence-corrected chi connectivity index (χ4v) is 1.23. The number of carbonyl (C=O) groups is 1. The van der Waals surface area contributed by atoms with E-state index in [2.05, 4.69) is 0 Å². The predicted octanol–water partition coefficient (Wildman–Crippen LogP) is 1.67. The van der Waals surface area contributed by atoms with Crippen molar-refractivity contribution in [3.8, 4) is 0 Å². The summed E-state index contributed by atoms with van der Waals surface area (Å²) in [7, 11) is 0. The smallest absolute Gasteiger partial charge is 0.307 e. The minimum Gasteiger partial charge on any atom is -0.481 e. The van der Waals surface area contributed by atoms with Gasteiger partial charge in [0.2, 0.25) is 0 Å². The molecule has 1 rings (SSSR count). The fraction of sp³-hybridized carbons (Fsp3) is 0.222. The highest BCUT2D eigenvalue weighted by molar-refractivity contribution is 5.70. The maximum Gasteiger partial charge on any atom is 0.307 e. The van der Waals surface area contributed by atoms with Crippen molar-refractivity contribution >= 4 is 11.7 Å². The number of carboxylic acid groups (broad SMARTS) is 1. The van der Waals surface area contributed by atoms with Gasteiger partial charge in [0, 0.05) is 6.07 Å². The lowest BCUT2D eigenvalue weighted by Crippen LogP contribution is -2.05. The van der Waals surface area contributed by atoms with Crippen molar-refractivity contribution in [3.05, 3.63) is 39.2 Å². The number of rotatable bonds is 3. The van der Waals surface area contributed by atoms with Gasteiger partial charge in [-0.1, -0.05) is 0 Å². The van der Waals surface area contributed by atoms with Crippen LogP contribution in [0.3, 0.4) is 0 Å². The molecule has 0 aliphatic heterocycles. The first-order valence-corrected chi connectivity index (χ1v) is 4.07. The van der Waals surface area contributed by atoms with Crippen LogP contribution in [0.5, 0.6) is 0 Å². The number of aliphatic carboxylic acids is 1. The number of hydrogen-bond donors (Lipinski definition) is 1. The number of halogens is 1. The summed E-state index contributed by atoms with van der Waals surface area (Å²) in [6, 6.07) is 2.23. The van der Waals surface area contributed by atoms with Gasteiger partial charge in [-0.2, -0.15) is 0 Å². The SMILES string of the molecule is Cc1c([N+](=O)[O-])ccc(CC(=O)O)c1F. The second-order valence-corrected chi connectivity index (χ2v) is 3.01. The Labute approximate surface area is 84.3 Å². The van der Waals surface area contributed by atoms with Gasteiger partial charge in [0.05, 0.1) is 16.9 Å². The highest BCUT2D eigenvalue weighted by Gasteiger charge is 2.18. The molecule has 1 N–H and O–H groups in total. The van der Waals surface area contributed by atoms with Gasteiger partial charge in [0.1, 0.15) is 5.82 Å². The molecule has 0 saturated carbocycles. The van der Waals surface area contributed by atoms with Gasteiger partial charge < -0.3 is 5.11 Å². The standard InChI is InChI=1S/C9H8FNO4/c1-5-7(11(14)15)3-2-6(9(5)10)4-8(12)13/h2-3H,4H2,1H3,(H,12,13). The van der Waals surface area contributed by atoms with Crippen LogP contribution >= 0.6 is 0 Å². The molecule has 0 aliphatic rings. The van der Waals surface area contributed by atoms with Gasteiger partial charge in [0.15, 0.2) is 0 Å². The zero-order valence-corrected chi connectivity index (χ0v) is 7.86. The van der Waals surface area contributed by atoms with Crippen LogP contribution in [0.2, 0.25) is 0 Å². The summed E-state index contributed by atoms with van der Waals surface area (Å²) in [6.45, 7) is 1.25. The average Bonchev–Trinajstić information content (AvgIpc) is 2.12. The van der Waals surface area contributed by atoms with Gasteiger partial charge >= 0.3 is 5.97 Å². The Morgan fingerprint density at radius 2 is 2.20 bits per heavy atom. The Morgan fingerprint density at radius 1 is 1.60 bits per heavy atom. The van der Waals surface area contributed by atoms with E-state index in [1.807, 2.05) is 0 Å². The van der Waals surface area contributed by atoms with Crippen molar-refractivity contribution in [3.63, 3.8) is 0 Å². The zero-order chi connectivity index (χ0) is 11.6. The van der Waals surface area contributed by atoms with Crippen LogP contribution in [-0.2, 0) is 11.2 Å². The van der Waals surface area contributed by atoms with Crippen LogP contribution in [0.15, 0.2) is 12.1 Å². The monoisotopic (exact) mass is 213 g/mol. The highest BCUT2D eigenvalue weighted by Crippen LogP contribution is 2.23. The molecule has 6 heteroatoms. The first-order valence-electron chi connectivity index (χ1n) is 4.07. The van der Waals surface area contributed by atoms with Gasteiger partial charge in [-0.15, -0.1) is 0 Å². The lowest BCUT2D eigenvalue weighted by Gasteiger charge is -2.03. The topological polar surface area (TPSA) is 80.4 Å². The molecule has 0 fully saturated rings. The molecule has 0 amide bonds. The summed E-state index contributed by atoms with van der Waals surface area (Å²) in [4.78, 5) is 20.1. The molecule has 15 heavy (non-hydrogen) atoms. The minimum absolute atomic E-state index is 0.0504. The van der Waals surface area contributed by atoms with Crippen molar-refractivity contribution in [2.24, 2.45) is 0 Å². The van der Waals surface area contributed by atoms with E-state index < -0.39 is 23.1 Å². The summed E-state index contributed by atoms with van der Waals surface area (Å²) in [5, 5.41) is 18.9. The number of benzene rings is 1. The van der Waals surface area contributed by atoms with Crippen LogP contribution < -0.4 is 0 Å². The number of nitrogens with zero attached hydrogens (tertiary/aromatic N) is 1. The van der Waals surface area contributed by atoms with Crippen molar-refractivity contribution in [1.29, 1.82) is 0 Å². The average molecular weight is 213 g/mol. The van der Waals surface area contributed by atoms with Crippen molar-refractivity contribution in [2.45, 2.75) is 13.3 Å². The summed E-state index contributed by atoms with van der Waals surface area (Å²) in [6.07, 6.45) is -0.481. The Morgan fingerprint density at radius 3 is 2.67 bits per heavy atom. The molecule has 1 aromatic rings. The Kier molecular flexibility index (Phi) is 2.99. The minimum atomic E-state index is -1.18. The van der Waals surface area contributed by atoms with E-state index in [4.69, 9.17) is 5.11 Å². The van der Waals surface area contributed by atoms with E-state index in [-0.39, 0.29) is 16.8 Å². The molecule has 0 spiro atoms. The summed E-state index contributed by atoms with van der Waals surface area (Å²) in [5.41, 5.74) is -0.536. The van der Waals surface area contributed by atoms with Gasteiger partial charge in [-0.3, -0.25) is 14.9 Å². The van der Waals surface area contributed by atoms with Crippen molar-refractivity contribution in [2.75, 3.05) is 0 Å². The number of nitro benzene ring substituents is 1. The molecule has 0 atom stereocenters. The van der Waals surface area contributed by atoms with Crippen molar-refractivity contribution in [1.82, 2.24) is 0 Å². The maximum atomic E-state index is 13.4. The normalized spacial score (nSPS) is 10.0. The summed E-state index contributed by atoms with van der Waals surface area (Å²) >= 11 is 0. The Balaban J connectivity index is 3.21. The second-order valence-electron chi connectivity index (χ2n) is 3.01. The second kappa shape index (κ2) is 4.04. The third-order valence-corrected chi connectivity index (χ3v) is 1.98. The molecule has 0 aromatic heterocycles. The summed E-state index contributed by atoms with van der Waals surface area (Å²) in [5.74, 6) is -2.01. The van der Waals surface area contributed by atoms with E-state index in [0.717, 1.165) is 12.1 Å². The van der Waals surface area contributed by atoms with E-state index in [1.54, 1.807) is 0 Å². The number of carboxylic acids is 1. The van der Waals surface area contributed by atoms with Crippen LogP contribution in [0.25, 0.3) is 0 Å². The quantitative estimate of drug-likeness (QED) is 0.611. The highest BCUT2D eigenvalue weighted by atomic mass is 19.1. The van der Waals surface area contributed by atoms with Crippen molar-refractivity contribution < 1.29 is 19.2 Å². The predicted molar refractivity (Wildman–Crippen MR) is 49.1 cm³/mol.